The molecule has 0 spiro atoms. The van der Waals surface area contributed by atoms with E-state index in [-0.39, 0.29) is 11.7 Å². The minimum Gasteiger partial charge on any atom is -0.437 e. The maximum Gasteiger partial charge on any atom is 0.250 e. The summed E-state index contributed by atoms with van der Waals surface area (Å²) < 4.78 is 20.6. The fourth-order valence-electron chi connectivity index (χ4n) is 2.52. The van der Waals surface area contributed by atoms with Crippen LogP contribution in [-0.2, 0) is 6.54 Å². The molecule has 4 aromatic rings. The summed E-state index contributed by atoms with van der Waals surface area (Å²) in [4.78, 5) is 12.7. The Labute approximate surface area is 158 Å². The summed E-state index contributed by atoms with van der Waals surface area (Å²) in [5, 5.41) is 1.13. The van der Waals surface area contributed by atoms with E-state index in [1.807, 2.05) is 4.57 Å². The molecule has 0 radical (unpaired) electrons. The highest BCUT2D eigenvalue weighted by Gasteiger charge is 2.14. The summed E-state index contributed by atoms with van der Waals surface area (Å²) in [5.41, 5.74) is 1.84. The molecule has 5 nitrogen and oxygen atoms in total. The third kappa shape index (κ3) is 3.21. The highest BCUT2D eigenvalue weighted by Crippen LogP contribution is 2.29. The molecule has 0 atom stereocenters. The van der Waals surface area contributed by atoms with Crippen LogP contribution in [0.1, 0.15) is 5.56 Å². The third-order valence-electron chi connectivity index (χ3n) is 3.79. The first kappa shape index (κ1) is 16.8. The molecule has 2 aromatic carbocycles. The van der Waals surface area contributed by atoms with Gasteiger partial charge in [0.2, 0.25) is 0 Å². The quantitative estimate of drug-likeness (QED) is 0.487. The molecule has 0 saturated carbocycles. The van der Waals surface area contributed by atoms with Gasteiger partial charge in [-0.25, -0.2) is 14.4 Å². The monoisotopic (exact) mass is 388 g/mol. The molecular formula is C18H11Cl2FN4O. The van der Waals surface area contributed by atoms with Gasteiger partial charge in [0.1, 0.15) is 17.9 Å². The van der Waals surface area contributed by atoms with Crippen LogP contribution >= 0.6 is 23.2 Å². The van der Waals surface area contributed by atoms with Crippen LogP contribution < -0.4 is 4.74 Å². The number of hydrogen-bond acceptors (Lipinski definition) is 4. The smallest absolute Gasteiger partial charge is 0.250 e. The molecule has 0 bridgehead atoms. The minimum atomic E-state index is -0.342. The first-order valence-electron chi connectivity index (χ1n) is 7.64. The van der Waals surface area contributed by atoms with Gasteiger partial charge in [-0.15, -0.1) is 0 Å². The van der Waals surface area contributed by atoms with Crippen LogP contribution in [0, 0.1) is 5.82 Å². The number of fused-ring (bicyclic) bond motifs is 1. The molecular weight excluding hydrogens is 378 g/mol. The number of hydrogen-bond donors (Lipinski definition) is 0. The average molecular weight is 389 g/mol. The Balaban J connectivity index is 1.70. The first-order valence-corrected chi connectivity index (χ1v) is 8.39. The topological polar surface area (TPSA) is 52.8 Å². The van der Waals surface area contributed by atoms with Gasteiger partial charge in [-0.3, -0.25) is 0 Å². The van der Waals surface area contributed by atoms with Crippen LogP contribution in [-0.4, -0.2) is 19.5 Å². The van der Waals surface area contributed by atoms with Crippen molar-refractivity contribution in [2.45, 2.75) is 6.54 Å². The van der Waals surface area contributed by atoms with Gasteiger partial charge in [0.15, 0.2) is 11.2 Å². The molecule has 130 valence electrons. The Kier molecular flexibility index (Phi) is 4.44. The molecule has 26 heavy (non-hydrogen) atoms. The fraction of sp³-hybridized carbons (Fsp3) is 0.0556. The lowest BCUT2D eigenvalue weighted by Gasteiger charge is -2.09. The van der Waals surface area contributed by atoms with Crippen LogP contribution in [0.4, 0.5) is 4.39 Å². The molecule has 0 N–H and O–H groups in total. The Morgan fingerprint density at radius 3 is 2.42 bits per heavy atom. The number of ether oxygens (including phenoxy) is 1. The molecule has 0 aliphatic rings. The Hall–Kier alpha value is -2.70. The van der Waals surface area contributed by atoms with E-state index in [0.717, 1.165) is 5.56 Å². The predicted octanol–water partition coefficient (Wildman–Crippen LogP) is 5.11. The number of benzene rings is 2. The van der Waals surface area contributed by atoms with Gasteiger partial charge in [0, 0.05) is 15.6 Å². The highest BCUT2D eigenvalue weighted by atomic mass is 35.5. The maximum atomic E-state index is 13.0. The third-order valence-corrected chi connectivity index (χ3v) is 4.49. The van der Waals surface area contributed by atoms with Crippen LogP contribution in [0.3, 0.4) is 0 Å². The van der Waals surface area contributed by atoms with E-state index in [0.29, 0.717) is 33.5 Å². The Morgan fingerprint density at radius 1 is 0.962 bits per heavy atom. The van der Waals surface area contributed by atoms with Crippen molar-refractivity contribution in [3.63, 3.8) is 0 Å². The molecule has 0 saturated heterocycles. The van der Waals surface area contributed by atoms with Gasteiger partial charge in [0.25, 0.3) is 5.88 Å². The summed E-state index contributed by atoms with van der Waals surface area (Å²) in [6.45, 7) is 0.405. The summed E-state index contributed by atoms with van der Waals surface area (Å²) >= 11 is 12.5. The van der Waals surface area contributed by atoms with Crippen LogP contribution in [0.25, 0.3) is 11.2 Å². The van der Waals surface area contributed by atoms with Crippen molar-refractivity contribution >= 4 is 34.4 Å². The number of aromatic nitrogens is 4. The van der Waals surface area contributed by atoms with E-state index < -0.39 is 0 Å². The molecule has 0 amide bonds. The zero-order valence-corrected chi connectivity index (χ0v) is 14.7. The zero-order valence-electron chi connectivity index (χ0n) is 13.2. The van der Waals surface area contributed by atoms with Gasteiger partial charge in [-0.05, 0) is 36.4 Å². The van der Waals surface area contributed by atoms with E-state index in [9.17, 15) is 4.39 Å². The van der Waals surface area contributed by atoms with Crippen molar-refractivity contribution in [1.82, 2.24) is 19.5 Å². The second-order valence-corrected chi connectivity index (χ2v) is 6.29. The largest absolute Gasteiger partial charge is 0.437 e. The van der Waals surface area contributed by atoms with Crippen molar-refractivity contribution in [2.75, 3.05) is 0 Å². The van der Waals surface area contributed by atoms with E-state index in [2.05, 4.69) is 15.0 Å². The highest BCUT2D eigenvalue weighted by molar-refractivity contribution is 6.36. The number of imidazole rings is 1. The molecule has 2 heterocycles. The van der Waals surface area contributed by atoms with Crippen LogP contribution in [0.5, 0.6) is 11.6 Å². The van der Waals surface area contributed by atoms with Crippen molar-refractivity contribution in [3.8, 4) is 11.6 Å². The van der Waals surface area contributed by atoms with E-state index in [1.54, 1.807) is 24.5 Å². The van der Waals surface area contributed by atoms with Gasteiger partial charge < -0.3 is 9.30 Å². The minimum absolute atomic E-state index is 0.283. The molecule has 0 unspecified atom stereocenters. The normalized spacial score (nSPS) is 11.0. The lowest BCUT2D eigenvalue weighted by molar-refractivity contribution is 0.465. The predicted molar refractivity (Wildman–Crippen MR) is 97.4 cm³/mol. The lowest BCUT2D eigenvalue weighted by Crippen LogP contribution is -2.01. The summed E-state index contributed by atoms with van der Waals surface area (Å²) in [7, 11) is 0. The van der Waals surface area contributed by atoms with E-state index in [4.69, 9.17) is 27.9 Å². The molecule has 0 fully saturated rings. The van der Waals surface area contributed by atoms with Gasteiger partial charge in [0.05, 0.1) is 12.9 Å². The second kappa shape index (κ2) is 6.90. The van der Waals surface area contributed by atoms with Crippen molar-refractivity contribution in [1.29, 1.82) is 0 Å². The first-order chi connectivity index (χ1) is 12.6. The molecule has 2 aromatic heterocycles. The fourth-order valence-corrected chi connectivity index (χ4v) is 3.03. The van der Waals surface area contributed by atoms with E-state index >= 15 is 0 Å². The Bertz CT molecular complexity index is 1060. The van der Waals surface area contributed by atoms with Gasteiger partial charge in [-0.1, -0.05) is 29.3 Å². The Morgan fingerprint density at radius 2 is 1.69 bits per heavy atom. The second-order valence-electron chi connectivity index (χ2n) is 5.48. The number of halogens is 3. The molecule has 0 aliphatic heterocycles. The number of rotatable bonds is 4. The van der Waals surface area contributed by atoms with Crippen molar-refractivity contribution < 1.29 is 9.13 Å². The standard InChI is InChI=1S/C18H11Cl2FN4O/c19-14-2-1-3-15(20)13(14)8-25-10-24-16-17(25)22-9-23-18(16)26-12-6-4-11(21)5-7-12/h1-7,9-10H,8H2. The zero-order chi connectivity index (χ0) is 18.1. The van der Waals surface area contributed by atoms with Gasteiger partial charge in [-0.2, -0.15) is 4.98 Å². The molecule has 8 heteroatoms. The molecule has 4 rings (SSSR count). The van der Waals surface area contributed by atoms with Crippen molar-refractivity contribution in [3.05, 3.63) is 76.5 Å². The summed E-state index contributed by atoms with van der Waals surface area (Å²) in [6.07, 6.45) is 3.00. The van der Waals surface area contributed by atoms with Crippen molar-refractivity contribution in [2.24, 2.45) is 0 Å². The van der Waals surface area contributed by atoms with Crippen LogP contribution in [0.15, 0.2) is 55.1 Å². The lowest BCUT2D eigenvalue weighted by atomic mass is 10.2. The van der Waals surface area contributed by atoms with Crippen LogP contribution in [0.2, 0.25) is 10.0 Å². The summed E-state index contributed by atoms with van der Waals surface area (Å²) in [5.74, 6) is 0.395. The molecule has 0 aliphatic carbocycles. The van der Waals surface area contributed by atoms with E-state index in [1.165, 1.54) is 30.6 Å². The SMILES string of the molecule is Fc1ccc(Oc2ncnc3c2ncn3Cc2c(Cl)cccc2Cl)cc1. The summed E-state index contributed by atoms with van der Waals surface area (Å²) in [6, 6.07) is 11.0. The average Bonchev–Trinajstić information content (AvgIpc) is 3.04. The maximum absolute atomic E-state index is 13.0. The van der Waals surface area contributed by atoms with Gasteiger partial charge >= 0.3 is 0 Å². The number of nitrogens with zero attached hydrogens (tertiary/aromatic N) is 4.